The standard InChI is InChI=1S/C21H21N5OS/c1-2-3-13-26-18(27)14-28-21(26)25-24-20-19(15-9-5-4-6-10-15)22-16-11-7-8-12-17(16)23-20/h4-12H,2-3,13-14H2,1H3,(H,23,24)/b25-21-. The Hall–Kier alpha value is -2.93. The van der Waals surface area contributed by atoms with Crippen LogP contribution in [0, 0.1) is 0 Å². The number of fused-ring (bicyclic) bond motifs is 1. The second-order valence-electron chi connectivity index (χ2n) is 6.47. The Bertz CT molecular complexity index is 1020. The summed E-state index contributed by atoms with van der Waals surface area (Å²) < 4.78 is 0. The molecule has 1 saturated heterocycles. The molecule has 7 heteroatoms. The molecule has 1 N–H and O–H groups in total. The molecule has 1 aliphatic heterocycles. The molecule has 142 valence electrons. The van der Waals surface area contributed by atoms with Crippen molar-refractivity contribution in [3.63, 3.8) is 0 Å². The second-order valence-corrected chi connectivity index (χ2v) is 7.41. The Balaban J connectivity index is 1.70. The summed E-state index contributed by atoms with van der Waals surface area (Å²) in [5.74, 6) is 1.11. The normalized spacial score (nSPS) is 15.5. The number of rotatable bonds is 6. The van der Waals surface area contributed by atoms with Gasteiger partial charge in [0.25, 0.3) is 0 Å². The molecule has 1 amide bonds. The van der Waals surface area contributed by atoms with Gasteiger partial charge in [-0.3, -0.25) is 15.1 Å². The molecule has 4 rings (SSSR count). The van der Waals surface area contributed by atoms with Gasteiger partial charge in [-0.05, 0) is 18.6 Å². The highest BCUT2D eigenvalue weighted by Crippen LogP contribution is 2.28. The molecule has 2 heterocycles. The fraction of sp³-hybridized carbons (Fsp3) is 0.238. The number of nitrogens with one attached hydrogen (secondary N) is 1. The van der Waals surface area contributed by atoms with Crippen molar-refractivity contribution in [2.45, 2.75) is 19.8 Å². The van der Waals surface area contributed by atoms with E-state index in [2.05, 4.69) is 17.5 Å². The van der Waals surface area contributed by atoms with Crippen LogP contribution in [-0.2, 0) is 4.79 Å². The number of benzene rings is 2. The van der Waals surface area contributed by atoms with E-state index in [1.807, 2.05) is 54.6 Å². The summed E-state index contributed by atoms with van der Waals surface area (Å²) in [4.78, 5) is 23.4. The first-order valence-electron chi connectivity index (χ1n) is 9.35. The van der Waals surface area contributed by atoms with Crippen LogP contribution in [0.2, 0.25) is 0 Å². The molecule has 1 aromatic heterocycles. The summed E-state index contributed by atoms with van der Waals surface area (Å²) in [6.45, 7) is 2.80. The first-order valence-corrected chi connectivity index (χ1v) is 10.3. The van der Waals surface area contributed by atoms with Gasteiger partial charge in [-0.2, -0.15) is 0 Å². The largest absolute Gasteiger partial charge is 0.289 e. The number of nitrogens with zero attached hydrogens (tertiary/aromatic N) is 4. The van der Waals surface area contributed by atoms with Crippen LogP contribution in [0.3, 0.4) is 0 Å². The van der Waals surface area contributed by atoms with Crippen molar-refractivity contribution in [1.29, 1.82) is 0 Å². The molecule has 6 nitrogen and oxygen atoms in total. The fourth-order valence-electron chi connectivity index (χ4n) is 2.99. The van der Waals surface area contributed by atoms with Crippen LogP contribution in [0.4, 0.5) is 5.82 Å². The number of amidine groups is 1. The maximum absolute atomic E-state index is 12.1. The zero-order valence-electron chi connectivity index (χ0n) is 15.6. The predicted octanol–water partition coefficient (Wildman–Crippen LogP) is 4.36. The second kappa shape index (κ2) is 8.39. The molecule has 0 bridgehead atoms. The van der Waals surface area contributed by atoms with Crippen molar-refractivity contribution >= 4 is 39.7 Å². The SMILES string of the molecule is CCCCN1C(=O)CS/C1=N\Nc1nc2ccccc2nc1-c1ccccc1. The van der Waals surface area contributed by atoms with Gasteiger partial charge in [-0.25, -0.2) is 9.97 Å². The van der Waals surface area contributed by atoms with E-state index in [1.54, 1.807) is 4.90 Å². The van der Waals surface area contributed by atoms with E-state index >= 15 is 0 Å². The zero-order chi connectivity index (χ0) is 19.3. The number of hydrazone groups is 1. The van der Waals surface area contributed by atoms with Gasteiger partial charge in [0.1, 0.15) is 5.69 Å². The van der Waals surface area contributed by atoms with E-state index in [4.69, 9.17) is 9.97 Å². The van der Waals surface area contributed by atoms with E-state index in [0.29, 0.717) is 23.3 Å². The predicted molar refractivity (Wildman–Crippen MR) is 115 cm³/mol. The molecule has 3 aromatic rings. The smallest absolute Gasteiger partial charge is 0.239 e. The van der Waals surface area contributed by atoms with Crippen LogP contribution in [0.25, 0.3) is 22.3 Å². The Kier molecular flexibility index (Phi) is 5.53. The van der Waals surface area contributed by atoms with Gasteiger partial charge in [-0.15, -0.1) is 5.10 Å². The number of amides is 1. The van der Waals surface area contributed by atoms with Crippen molar-refractivity contribution in [3.8, 4) is 11.3 Å². The van der Waals surface area contributed by atoms with Crippen LogP contribution >= 0.6 is 11.8 Å². The minimum absolute atomic E-state index is 0.104. The van der Waals surface area contributed by atoms with E-state index in [9.17, 15) is 4.79 Å². The first-order chi connectivity index (χ1) is 13.8. The Labute approximate surface area is 168 Å². The average molecular weight is 392 g/mol. The van der Waals surface area contributed by atoms with Gasteiger partial charge in [0, 0.05) is 12.1 Å². The maximum atomic E-state index is 12.1. The average Bonchev–Trinajstić information content (AvgIpc) is 3.10. The first kappa shape index (κ1) is 18.4. The summed E-state index contributed by atoms with van der Waals surface area (Å²) in [6, 6.07) is 17.7. The van der Waals surface area contributed by atoms with Crippen molar-refractivity contribution in [1.82, 2.24) is 14.9 Å². The van der Waals surface area contributed by atoms with E-state index in [1.165, 1.54) is 11.8 Å². The fourth-order valence-corrected chi connectivity index (χ4v) is 3.86. The third-order valence-corrected chi connectivity index (χ3v) is 5.43. The molecule has 28 heavy (non-hydrogen) atoms. The highest BCUT2D eigenvalue weighted by atomic mass is 32.2. The number of aromatic nitrogens is 2. The number of carbonyl (C=O) groups is 1. The van der Waals surface area contributed by atoms with Gasteiger partial charge in [-0.1, -0.05) is 67.6 Å². The zero-order valence-corrected chi connectivity index (χ0v) is 16.4. The number of carbonyl (C=O) groups excluding carboxylic acids is 1. The van der Waals surface area contributed by atoms with Crippen LogP contribution < -0.4 is 5.43 Å². The summed E-state index contributed by atoms with van der Waals surface area (Å²) >= 11 is 1.45. The highest BCUT2D eigenvalue weighted by Gasteiger charge is 2.27. The van der Waals surface area contributed by atoms with Gasteiger partial charge in [0.15, 0.2) is 11.0 Å². The van der Waals surface area contributed by atoms with Crippen molar-refractivity contribution in [3.05, 3.63) is 54.6 Å². The van der Waals surface area contributed by atoms with E-state index < -0.39 is 0 Å². The third kappa shape index (κ3) is 3.84. The molecule has 2 aromatic carbocycles. The van der Waals surface area contributed by atoms with Crippen LogP contribution in [-0.4, -0.2) is 38.2 Å². The lowest BCUT2D eigenvalue weighted by atomic mass is 10.1. The molecular formula is C21H21N5OS. The number of unbranched alkanes of at least 4 members (excludes halogenated alkanes) is 1. The molecule has 0 aliphatic carbocycles. The van der Waals surface area contributed by atoms with Gasteiger partial charge in [0.2, 0.25) is 5.91 Å². The monoisotopic (exact) mass is 391 g/mol. The lowest BCUT2D eigenvalue weighted by Crippen LogP contribution is -2.31. The van der Waals surface area contributed by atoms with Gasteiger partial charge in [0.05, 0.1) is 16.8 Å². The Morgan fingerprint density at radius 2 is 1.79 bits per heavy atom. The van der Waals surface area contributed by atoms with Crippen molar-refractivity contribution in [2.75, 3.05) is 17.7 Å². The number of para-hydroxylation sites is 2. The van der Waals surface area contributed by atoms with Crippen molar-refractivity contribution < 1.29 is 4.79 Å². The molecule has 0 radical (unpaired) electrons. The molecule has 1 aliphatic rings. The minimum atomic E-state index is 0.104. The molecule has 0 atom stereocenters. The van der Waals surface area contributed by atoms with E-state index in [0.717, 1.165) is 35.1 Å². The number of hydrogen-bond donors (Lipinski definition) is 1. The summed E-state index contributed by atoms with van der Waals surface area (Å²) in [5.41, 5.74) is 6.39. The number of anilines is 1. The molecule has 0 saturated carbocycles. The van der Waals surface area contributed by atoms with Crippen molar-refractivity contribution in [2.24, 2.45) is 5.10 Å². The van der Waals surface area contributed by atoms with Gasteiger partial charge >= 0.3 is 0 Å². The third-order valence-electron chi connectivity index (χ3n) is 4.47. The summed E-state index contributed by atoms with van der Waals surface area (Å²) in [7, 11) is 0. The molecule has 1 fully saturated rings. The van der Waals surface area contributed by atoms with Crippen LogP contribution in [0.1, 0.15) is 19.8 Å². The lowest BCUT2D eigenvalue weighted by molar-refractivity contribution is -0.124. The number of thioether (sulfide) groups is 1. The Morgan fingerprint density at radius 1 is 1.07 bits per heavy atom. The molecule has 0 unspecified atom stereocenters. The minimum Gasteiger partial charge on any atom is -0.289 e. The van der Waals surface area contributed by atoms with Crippen LogP contribution in [0.15, 0.2) is 59.7 Å². The summed E-state index contributed by atoms with van der Waals surface area (Å²) in [6.07, 6.45) is 1.99. The topological polar surface area (TPSA) is 70.5 Å². The Morgan fingerprint density at radius 3 is 2.54 bits per heavy atom. The maximum Gasteiger partial charge on any atom is 0.239 e. The quantitative estimate of drug-likeness (QED) is 0.633. The molecule has 0 spiro atoms. The molecular weight excluding hydrogens is 370 g/mol. The number of hydrogen-bond acceptors (Lipinski definition) is 6. The van der Waals surface area contributed by atoms with Crippen LogP contribution in [0.5, 0.6) is 0 Å². The van der Waals surface area contributed by atoms with Gasteiger partial charge < -0.3 is 0 Å². The summed E-state index contributed by atoms with van der Waals surface area (Å²) in [5, 5.41) is 5.19. The highest BCUT2D eigenvalue weighted by molar-refractivity contribution is 8.15. The van der Waals surface area contributed by atoms with E-state index in [-0.39, 0.29) is 5.91 Å². The lowest BCUT2D eigenvalue weighted by Gasteiger charge is -2.15.